The minimum Gasteiger partial charge on any atom is -0.352 e. The first kappa shape index (κ1) is 20.3. The first-order valence-electron chi connectivity index (χ1n) is 9.48. The lowest BCUT2D eigenvalue weighted by Gasteiger charge is -2.19. The Hall–Kier alpha value is -3.48. The molecule has 0 saturated carbocycles. The molecule has 0 radical (unpaired) electrons. The zero-order valence-corrected chi connectivity index (χ0v) is 16.8. The highest BCUT2D eigenvalue weighted by atomic mass is 16.2. The molecule has 3 rings (SSSR count). The van der Waals surface area contributed by atoms with E-state index in [1.807, 2.05) is 24.3 Å². The van der Waals surface area contributed by atoms with Crippen LogP contribution in [-0.4, -0.2) is 33.1 Å². The standard InChI is InChI=1S/C22H25N5O2/c1-22(2,3)17-9-7-16(8-10-17)21(29)24-14-11-19(28)26-18-6-4-12-23-20(18)27-15-5-13-25-27/h4-10,12-13,15H,11,14H2,1-3H3,(H,24,29)(H,26,28). The van der Waals surface area contributed by atoms with E-state index < -0.39 is 0 Å². The summed E-state index contributed by atoms with van der Waals surface area (Å²) in [5.74, 6) is 0.125. The summed E-state index contributed by atoms with van der Waals surface area (Å²) < 4.78 is 1.58. The van der Waals surface area contributed by atoms with Crippen molar-refractivity contribution < 1.29 is 9.59 Å². The number of rotatable bonds is 6. The highest BCUT2D eigenvalue weighted by molar-refractivity contribution is 5.95. The van der Waals surface area contributed by atoms with E-state index in [1.54, 1.807) is 41.5 Å². The van der Waals surface area contributed by atoms with E-state index in [0.717, 1.165) is 5.56 Å². The van der Waals surface area contributed by atoms with Gasteiger partial charge < -0.3 is 10.6 Å². The summed E-state index contributed by atoms with van der Waals surface area (Å²) in [7, 11) is 0. The number of hydrogen-bond acceptors (Lipinski definition) is 4. The minimum atomic E-state index is -0.213. The number of nitrogens with one attached hydrogen (secondary N) is 2. The Labute approximate surface area is 170 Å². The molecule has 0 aliphatic carbocycles. The Morgan fingerprint density at radius 2 is 1.79 bits per heavy atom. The van der Waals surface area contributed by atoms with E-state index in [2.05, 4.69) is 41.5 Å². The highest BCUT2D eigenvalue weighted by Gasteiger charge is 2.14. The zero-order valence-electron chi connectivity index (χ0n) is 16.8. The molecule has 0 fully saturated rings. The van der Waals surface area contributed by atoms with Crippen LogP contribution in [0.15, 0.2) is 61.1 Å². The van der Waals surface area contributed by atoms with Crippen LogP contribution in [0.3, 0.4) is 0 Å². The average molecular weight is 391 g/mol. The molecule has 7 heteroatoms. The van der Waals surface area contributed by atoms with Gasteiger partial charge in [-0.05, 0) is 41.3 Å². The van der Waals surface area contributed by atoms with E-state index >= 15 is 0 Å². The van der Waals surface area contributed by atoms with Crippen molar-refractivity contribution >= 4 is 17.5 Å². The van der Waals surface area contributed by atoms with Gasteiger partial charge in [-0.3, -0.25) is 9.59 Å². The van der Waals surface area contributed by atoms with Crippen LogP contribution in [0, 0.1) is 0 Å². The van der Waals surface area contributed by atoms with Gasteiger partial charge in [0.25, 0.3) is 5.91 Å². The fourth-order valence-corrected chi connectivity index (χ4v) is 2.80. The minimum absolute atomic E-state index is 0.0361. The van der Waals surface area contributed by atoms with E-state index in [-0.39, 0.29) is 30.2 Å². The third kappa shape index (κ3) is 5.28. The van der Waals surface area contributed by atoms with Gasteiger partial charge in [0, 0.05) is 37.1 Å². The largest absolute Gasteiger partial charge is 0.352 e. The molecule has 0 atom stereocenters. The molecule has 150 valence electrons. The SMILES string of the molecule is CC(C)(C)c1ccc(C(=O)NCCC(=O)Nc2cccnc2-n2cccn2)cc1. The third-order valence-corrected chi connectivity index (χ3v) is 4.43. The van der Waals surface area contributed by atoms with Crippen LogP contribution in [0.2, 0.25) is 0 Å². The molecule has 7 nitrogen and oxygen atoms in total. The summed E-state index contributed by atoms with van der Waals surface area (Å²) in [5, 5.41) is 9.75. The Kier molecular flexibility index (Phi) is 6.07. The molecule has 0 saturated heterocycles. The van der Waals surface area contributed by atoms with Crippen LogP contribution in [-0.2, 0) is 10.2 Å². The third-order valence-electron chi connectivity index (χ3n) is 4.43. The monoisotopic (exact) mass is 391 g/mol. The summed E-state index contributed by atoms with van der Waals surface area (Å²) in [5.41, 5.74) is 2.34. The molecule has 0 aliphatic heterocycles. The van der Waals surface area contributed by atoms with Gasteiger partial charge in [-0.25, -0.2) is 9.67 Å². The molecule has 0 unspecified atom stereocenters. The number of carbonyl (C=O) groups excluding carboxylic acids is 2. The average Bonchev–Trinajstić information content (AvgIpc) is 3.22. The van der Waals surface area contributed by atoms with Crippen molar-refractivity contribution in [1.82, 2.24) is 20.1 Å². The van der Waals surface area contributed by atoms with Crippen LogP contribution < -0.4 is 10.6 Å². The fraction of sp³-hybridized carbons (Fsp3) is 0.273. The molecule has 2 aromatic heterocycles. The number of hydrogen-bond donors (Lipinski definition) is 2. The van der Waals surface area contributed by atoms with Crippen molar-refractivity contribution in [1.29, 1.82) is 0 Å². The van der Waals surface area contributed by atoms with Crippen molar-refractivity contribution in [3.63, 3.8) is 0 Å². The molecule has 0 aliphatic rings. The van der Waals surface area contributed by atoms with Gasteiger partial charge in [-0.15, -0.1) is 0 Å². The lowest BCUT2D eigenvalue weighted by atomic mass is 9.87. The summed E-state index contributed by atoms with van der Waals surface area (Å²) in [6.07, 6.45) is 5.18. The first-order chi connectivity index (χ1) is 13.8. The molecule has 29 heavy (non-hydrogen) atoms. The molecule has 2 heterocycles. The summed E-state index contributed by atoms with van der Waals surface area (Å²) in [4.78, 5) is 28.8. The Morgan fingerprint density at radius 1 is 1.03 bits per heavy atom. The Morgan fingerprint density at radius 3 is 2.45 bits per heavy atom. The predicted octanol–water partition coefficient (Wildman–Crippen LogP) is 3.32. The van der Waals surface area contributed by atoms with Gasteiger partial charge in [0.05, 0.1) is 5.69 Å². The maximum Gasteiger partial charge on any atom is 0.251 e. The Bertz CT molecular complexity index is 973. The van der Waals surface area contributed by atoms with Crippen LogP contribution in [0.25, 0.3) is 5.82 Å². The highest BCUT2D eigenvalue weighted by Crippen LogP contribution is 2.22. The van der Waals surface area contributed by atoms with Crippen LogP contribution in [0.4, 0.5) is 5.69 Å². The van der Waals surface area contributed by atoms with Crippen LogP contribution in [0.1, 0.15) is 43.1 Å². The topological polar surface area (TPSA) is 88.9 Å². The van der Waals surface area contributed by atoms with Crippen LogP contribution >= 0.6 is 0 Å². The lowest BCUT2D eigenvalue weighted by Crippen LogP contribution is -2.28. The number of carbonyl (C=O) groups is 2. The molecular formula is C22H25N5O2. The summed E-state index contributed by atoms with van der Waals surface area (Å²) in [6.45, 7) is 6.62. The second kappa shape index (κ2) is 8.68. The Balaban J connectivity index is 1.52. The number of pyridine rings is 1. The van der Waals surface area contributed by atoms with Gasteiger partial charge in [0.15, 0.2) is 5.82 Å². The van der Waals surface area contributed by atoms with E-state index in [1.165, 1.54) is 0 Å². The molecule has 0 bridgehead atoms. The van der Waals surface area contributed by atoms with E-state index in [9.17, 15) is 9.59 Å². The molecule has 2 amide bonds. The molecule has 3 aromatic rings. The van der Waals surface area contributed by atoms with Crippen molar-refractivity contribution in [2.75, 3.05) is 11.9 Å². The molecular weight excluding hydrogens is 366 g/mol. The summed E-state index contributed by atoms with van der Waals surface area (Å²) >= 11 is 0. The maximum absolute atomic E-state index is 12.3. The van der Waals surface area contributed by atoms with Crippen molar-refractivity contribution in [2.24, 2.45) is 0 Å². The van der Waals surface area contributed by atoms with Crippen LogP contribution in [0.5, 0.6) is 0 Å². The number of anilines is 1. The quantitative estimate of drug-likeness (QED) is 0.675. The number of benzene rings is 1. The smallest absolute Gasteiger partial charge is 0.251 e. The number of nitrogens with zero attached hydrogens (tertiary/aromatic N) is 3. The molecule has 0 spiro atoms. The lowest BCUT2D eigenvalue weighted by molar-refractivity contribution is -0.116. The van der Waals surface area contributed by atoms with E-state index in [0.29, 0.717) is 17.1 Å². The van der Waals surface area contributed by atoms with Crippen molar-refractivity contribution in [2.45, 2.75) is 32.6 Å². The predicted molar refractivity (Wildman–Crippen MR) is 112 cm³/mol. The van der Waals surface area contributed by atoms with Gasteiger partial charge in [-0.2, -0.15) is 5.10 Å². The van der Waals surface area contributed by atoms with Crippen molar-refractivity contribution in [3.8, 4) is 5.82 Å². The molecule has 2 N–H and O–H groups in total. The van der Waals surface area contributed by atoms with Crippen molar-refractivity contribution in [3.05, 3.63) is 72.2 Å². The number of aromatic nitrogens is 3. The maximum atomic E-state index is 12.3. The van der Waals surface area contributed by atoms with Gasteiger partial charge in [-0.1, -0.05) is 32.9 Å². The van der Waals surface area contributed by atoms with Gasteiger partial charge in [0.2, 0.25) is 5.91 Å². The van der Waals surface area contributed by atoms with Gasteiger partial charge >= 0.3 is 0 Å². The number of amides is 2. The zero-order chi connectivity index (χ0) is 20.9. The first-order valence-corrected chi connectivity index (χ1v) is 9.48. The second-order valence-electron chi connectivity index (χ2n) is 7.71. The second-order valence-corrected chi connectivity index (χ2v) is 7.71. The summed E-state index contributed by atoms with van der Waals surface area (Å²) in [6, 6.07) is 12.8. The fourth-order valence-electron chi connectivity index (χ4n) is 2.80. The molecule has 1 aromatic carbocycles. The van der Waals surface area contributed by atoms with E-state index in [4.69, 9.17) is 0 Å². The normalized spacial score (nSPS) is 11.1. The van der Waals surface area contributed by atoms with Gasteiger partial charge in [0.1, 0.15) is 0 Å².